The van der Waals surface area contributed by atoms with Gasteiger partial charge in [-0.15, -0.1) is 0 Å². The normalized spacial score (nSPS) is 30.9. The highest BCUT2D eigenvalue weighted by molar-refractivity contribution is 5.64. The van der Waals surface area contributed by atoms with E-state index < -0.39 is 5.54 Å². The van der Waals surface area contributed by atoms with E-state index >= 15 is 0 Å². The molecule has 0 spiro atoms. The molecular formula is C8H18N2O. The summed E-state index contributed by atoms with van der Waals surface area (Å²) in [6.07, 6.45) is 1.66. The van der Waals surface area contributed by atoms with Crippen molar-refractivity contribution in [3.63, 3.8) is 0 Å². The molecule has 0 saturated carbocycles. The van der Waals surface area contributed by atoms with Crippen molar-refractivity contribution in [3.8, 4) is 0 Å². The maximum absolute atomic E-state index is 10.3. The minimum atomic E-state index is -0.547. The summed E-state index contributed by atoms with van der Waals surface area (Å²) in [5.41, 5.74) is 5.09. The van der Waals surface area contributed by atoms with E-state index in [1.807, 2.05) is 20.9 Å². The molecule has 0 aromatic carbocycles. The molecule has 1 rings (SSSR count). The van der Waals surface area contributed by atoms with Crippen LogP contribution < -0.4 is 5.73 Å². The highest BCUT2D eigenvalue weighted by atomic mass is 16.1. The maximum atomic E-state index is 10.3. The largest absolute Gasteiger partial charge is 0.318 e. The molecule has 1 atom stereocenters. The molecule has 0 bridgehead atoms. The fraction of sp³-hybridized carbons (Fsp3) is 0.875. The van der Waals surface area contributed by atoms with E-state index in [9.17, 15) is 4.79 Å². The van der Waals surface area contributed by atoms with Crippen molar-refractivity contribution >= 4 is 6.29 Å². The highest BCUT2D eigenvalue weighted by Gasteiger charge is 2.31. The number of nitrogens with two attached hydrogens (primary N) is 1. The Hall–Kier alpha value is -0.410. The van der Waals surface area contributed by atoms with Gasteiger partial charge in [0, 0.05) is 13.1 Å². The first-order valence-electron chi connectivity index (χ1n) is 4.10. The van der Waals surface area contributed by atoms with Crippen LogP contribution in [0.2, 0.25) is 0 Å². The maximum Gasteiger partial charge on any atom is 0.141 e. The minimum absolute atomic E-state index is 0.547. The molecule has 1 aliphatic rings. The van der Waals surface area contributed by atoms with Crippen molar-refractivity contribution in [2.75, 3.05) is 20.1 Å². The van der Waals surface area contributed by atoms with Gasteiger partial charge in [-0.3, -0.25) is 0 Å². The lowest BCUT2D eigenvalue weighted by atomic mass is 10.0. The first-order valence-corrected chi connectivity index (χ1v) is 4.10. The summed E-state index contributed by atoms with van der Waals surface area (Å²) in [7, 11) is 1.97. The van der Waals surface area contributed by atoms with Crippen molar-refractivity contribution in [1.29, 1.82) is 0 Å². The number of carbonyl (C=O) groups excluding carboxylic acids is 1. The summed E-state index contributed by atoms with van der Waals surface area (Å²) in [6, 6.07) is 0. The molecule has 1 aliphatic heterocycles. The predicted molar refractivity (Wildman–Crippen MR) is 46.4 cm³/mol. The summed E-state index contributed by atoms with van der Waals surface area (Å²) >= 11 is 0. The van der Waals surface area contributed by atoms with Crippen molar-refractivity contribution in [2.24, 2.45) is 5.73 Å². The molecule has 1 saturated heterocycles. The SMILES string of the molecule is CC.CN1CCC(N)(C=O)C1. The number of nitrogens with zero attached hydrogens (tertiary/aromatic N) is 1. The third-order valence-corrected chi connectivity index (χ3v) is 1.76. The first-order chi connectivity index (χ1) is 5.16. The average Bonchev–Trinajstić information content (AvgIpc) is 2.37. The number of likely N-dealkylation sites (N-methyl/N-ethyl adjacent to an activating group) is 1. The summed E-state index contributed by atoms with van der Waals surface area (Å²) in [6.45, 7) is 5.64. The van der Waals surface area contributed by atoms with Crippen molar-refractivity contribution in [1.82, 2.24) is 4.90 Å². The fourth-order valence-electron chi connectivity index (χ4n) is 1.16. The molecule has 0 radical (unpaired) electrons. The molecule has 0 aliphatic carbocycles. The van der Waals surface area contributed by atoms with Crippen LogP contribution in [0.5, 0.6) is 0 Å². The molecule has 66 valence electrons. The second-order valence-electron chi connectivity index (χ2n) is 2.84. The summed E-state index contributed by atoms with van der Waals surface area (Å²) in [4.78, 5) is 12.4. The molecule has 1 fully saturated rings. The Bertz CT molecular complexity index is 127. The lowest BCUT2D eigenvalue weighted by Gasteiger charge is -2.14. The van der Waals surface area contributed by atoms with E-state index in [0.717, 1.165) is 19.3 Å². The van der Waals surface area contributed by atoms with Crippen LogP contribution in [-0.4, -0.2) is 36.9 Å². The second kappa shape index (κ2) is 4.46. The third-order valence-electron chi connectivity index (χ3n) is 1.76. The molecule has 1 unspecified atom stereocenters. The van der Waals surface area contributed by atoms with Crippen molar-refractivity contribution in [2.45, 2.75) is 25.8 Å². The van der Waals surface area contributed by atoms with E-state index in [1.165, 1.54) is 0 Å². The fourth-order valence-corrected chi connectivity index (χ4v) is 1.16. The first kappa shape index (κ1) is 10.6. The van der Waals surface area contributed by atoms with Crippen LogP contribution in [0.4, 0.5) is 0 Å². The molecular weight excluding hydrogens is 140 g/mol. The zero-order valence-corrected chi connectivity index (χ0v) is 7.63. The van der Waals surface area contributed by atoms with Crippen LogP contribution in [0.1, 0.15) is 20.3 Å². The molecule has 11 heavy (non-hydrogen) atoms. The van der Waals surface area contributed by atoms with Gasteiger partial charge in [-0.05, 0) is 13.5 Å². The van der Waals surface area contributed by atoms with Gasteiger partial charge in [0.2, 0.25) is 0 Å². The smallest absolute Gasteiger partial charge is 0.141 e. The number of rotatable bonds is 1. The van der Waals surface area contributed by atoms with Gasteiger partial charge in [-0.25, -0.2) is 0 Å². The predicted octanol–water partition coefficient (Wildman–Crippen LogP) is 0.244. The summed E-state index contributed by atoms with van der Waals surface area (Å²) in [5, 5.41) is 0. The molecule has 0 aromatic rings. The topological polar surface area (TPSA) is 46.3 Å². The zero-order chi connectivity index (χ0) is 8.91. The van der Waals surface area contributed by atoms with Crippen LogP contribution in [0.3, 0.4) is 0 Å². The average molecular weight is 158 g/mol. The number of aldehydes is 1. The van der Waals surface area contributed by atoms with E-state index in [0.29, 0.717) is 6.54 Å². The number of carbonyl (C=O) groups is 1. The Balaban J connectivity index is 0.000000461. The van der Waals surface area contributed by atoms with Crippen LogP contribution in [0.25, 0.3) is 0 Å². The molecule has 0 aromatic heterocycles. The Labute approximate surface area is 68.6 Å². The van der Waals surface area contributed by atoms with Crippen molar-refractivity contribution < 1.29 is 4.79 Å². The lowest BCUT2D eigenvalue weighted by Crippen LogP contribution is -2.43. The van der Waals surface area contributed by atoms with Crippen LogP contribution >= 0.6 is 0 Å². The second-order valence-corrected chi connectivity index (χ2v) is 2.84. The van der Waals surface area contributed by atoms with Gasteiger partial charge in [0.05, 0.1) is 5.54 Å². The van der Waals surface area contributed by atoms with Crippen LogP contribution in [0, 0.1) is 0 Å². The number of hydrogen-bond acceptors (Lipinski definition) is 3. The molecule has 1 heterocycles. The number of hydrogen-bond donors (Lipinski definition) is 1. The lowest BCUT2D eigenvalue weighted by molar-refractivity contribution is -0.111. The zero-order valence-electron chi connectivity index (χ0n) is 7.63. The number of likely N-dealkylation sites (tertiary alicyclic amines) is 1. The molecule has 3 nitrogen and oxygen atoms in total. The highest BCUT2D eigenvalue weighted by Crippen LogP contribution is 2.13. The van der Waals surface area contributed by atoms with Gasteiger partial charge in [0.25, 0.3) is 0 Å². The summed E-state index contributed by atoms with van der Waals surface area (Å²) < 4.78 is 0. The van der Waals surface area contributed by atoms with E-state index in [4.69, 9.17) is 5.73 Å². The van der Waals surface area contributed by atoms with Crippen LogP contribution in [0.15, 0.2) is 0 Å². The van der Waals surface area contributed by atoms with E-state index in [1.54, 1.807) is 0 Å². The van der Waals surface area contributed by atoms with Gasteiger partial charge in [-0.1, -0.05) is 13.8 Å². The van der Waals surface area contributed by atoms with Gasteiger partial charge >= 0.3 is 0 Å². The third kappa shape index (κ3) is 2.99. The van der Waals surface area contributed by atoms with Gasteiger partial charge in [0.1, 0.15) is 6.29 Å². The monoisotopic (exact) mass is 158 g/mol. The Morgan fingerprint density at radius 3 is 2.27 bits per heavy atom. The standard InChI is InChI=1S/C6H12N2O.C2H6/c1-8-3-2-6(7,4-8)5-9;1-2/h5H,2-4,7H2,1H3;1-2H3. The van der Waals surface area contributed by atoms with Gasteiger partial charge in [-0.2, -0.15) is 0 Å². The molecule has 2 N–H and O–H groups in total. The molecule has 0 amide bonds. The Kier molecular flexibility index (Phi) is 4.30. The minimum Gasteiger partial charge on any atom is -0.318 e. The van der Waals surface area contributed by atoms with E-state index in [-0.39, 0.29) is 0 Å². The quantitative estimate of drug-likeness (QED) is 0.556. The molecule has 3 heteroatoms. The Morgan fingerprint density at radius 1 is 1.55 bits per heavy atom. The van der Waals surface area contributed by atoms with Gasteiger partial charge < -0.3 is 15.4 Å². The Morgan fingerprint density at radius 2 is 2.09 bits per heavy atom. The van der Waals surface area contributed by atoms with Gasteiger partial charge in [0.15, 0.2) is 0 Å². The van der Waals surface area contributed by atoms with E-state index in [2.05, 4.69) is 4.90 Å². The van der Waals surface area contributed by atoms with Crippen molar-refractivity contribution in [3.05, 3.63) is 0 Å². The summed E-state index contributed by atoms with van der Waals surface area (Å²) in [5.74, 6) is 0. The van der Waals surface area contributed by atoms with Crippen LogP contribution in [-0.2, 0) is 4.79 Å².